The van der Waals surface area contributed by atoms with Gasteiger partial charge in [-0.15, -0.1) is 0 Å². The minimum absolute atomic E-state index is 0.0327. The molecule has 3 heteroatoms. The Morgan fingerprint density at radius 3 is 2.67 bits per heavy atom. The van der Waals surface area contributed by atoms with E-state index < -0.39 is 0 Å². The predicted molar refractivity (Wildman–Crippen MR) is 73.0 cm³/mol. The Morgan fingerprint density at radius 1 is 1.33 bits per heavy atom. The van der Waals surface area contributed by atoms with Crippen molar-refractivity contribution in [1.82, 2.24) is 4.90 Å². The maximum Gasteiger partial charge on any atom is 0.224 e. The van der Waals surface area contributed by atoms with Crippen LogP contribution in [0.5, 0.6) is 0 Å². The van der Waals surface area contributed by atoms with Crippen molar-refractivity contribution >= 4 is 5.91 Å². The molecule has 2 N–H and O–H groups in total. The molecule has 1 aromatic carbocycles. The zero-order chi connectivity index (χ0) is 13.1. The standard InChI is InChI=1S/C15H22N2O/c1-11(2)14(16)9-15(18)17-8-7-12-5-3-4-6-13(12)10-17/h3-6,11,14H,7-10,16H2,1-2H3/t14-/m1/s1. The van der Waals surface area contributed by atoms with Crippen molar-refractivity contribution in [2.24, 2.45) is 11.7 Å². The molecule has 1 heterocycles. The first-order valence-corrected chi connectivity index (χ1v) is 6.68. The van der Waals surface area contributed by atoms with Crippen LogP contribution in [-0.2, 0) is 17.8 Å². The summed E-state index contributed by atoms with van der Waals surface area (Å²) >= 11 is 0. The van der Waals surface area contributed by atoms with Gasteiger partial charge in [0.05, 0.1) is 0 Å². The van der Waals surface area contributed by atoms with Crippen molar-refractivity contribution in [3.05, 3.63) is 35.4 Å². The van der Waals surface area contributed by atoms with Crippen LogP contribution in [0.4, 0.5) is 0 Å². The number of carbonyl (C=O) groups excluding carboxylic acids is 1. The Balaban J connectivity index is 1.98. The van der Waals surface area contributed by atoms with Gasteiger partial charge in [0.25, 0.3) is 0 Å². The second kappa shape index (κ2) is 5.53. The summed E-state index contributed by atoms with van der Waals surface area (Å²) in [5, 5.41) is 0. The van der Waals surface area contributed by atoms with Crippen LogP contribution >= 0.6 is 0 Å². The summed E-state index contributed by atoms with van der Waals surface area (Å²) in [6.45, 7) is 5.67. The molecule has 0 saturated heterocycles. The lowest BCUT2D eigenvalue weighted by atomic mass is 9.98. The van der Waals surface area contributed by atoms with Crippen LogP contribution in [0.1, 0.15) is 31.4 Å². The number of benzene rings is 1. The lowest BCUT2D eigenvalue weighted by Crippen LogP contribution is -2.40. The molecule has 1 atom stereocenters. The van der Waals surface area contributed by atoms with Gasteiger partial charge in [-0.05, 0) is 23.5 Å². The highest BCUT2D eigenvalue weighted by Crippen LogP contribution is 2.19. The molecule has 18 heavy (non-hydrogen) atoms. The number of hydrogen-bond acceptors (Lipinski definition) is 2. The molecule has 0 aliphatic carbocycles. The third-order valence-electron chi connectivity index (χ3n) is 3.75. The Morgan fingerprint density at radius 2 is 2.00 bits per heavy atom. The summed E-state index contributed by atoms with van der Waals surface area (Å²) in [5.41, 5.74) is 8.61. The maximum absolute atomic E-state index is 12.2. The van der Waals surface area contributed by atoms with E-state index in [0.717, 1.165) is 19.5 Å². The predicted octanol–water partition coefficient (Wildman–Crippen LogP) is 1.94. The van der Waals surface area contributed by atoms with E-state index in [1.165, 1.54) is 11.1 Å². The van der Waals surface area contributed by atoms with Crippen LogP contribution in [0.15, 0.2) is 24.3 Å². The first-order valence-electron chi connectivity index (χ1n) is 6.68. The molecule has 2 rings (SSSR count). The van der Waals surface area contributed by atoms with Crippen molar-refractivity contribution in [2.75, 3.05) is 6.54 Å². The number of nitrogens with zero attached hydrogens (tertiary/aromatic N) is 1. The molecule has 0 fully saturated rings. The van der Waals surface area contributed by atoms with Crippen molar-refractivity contribution in [3.63, 3.8) is 0 Å². The van der Waals surface area contributed by atoms with Gasteiger partial charge in [0, 0.05) is 25.6 Å². The molecule has 0 unspecified atom stereocenters. The SMILES string of the molecule is CC(C)[C@H](N)CC(=O)N1CCc2ccccc2C1. The van der Waals surface area contributed by atoms with Crippen LogP contribution in [-0.4, -0.2) is 23.4 Å². The fourth-order valence-electron chi connectivity index (χ4n) is 2.28. The molecular weight excluding hydrogens is 224 g/mol. The second-order valence-corrected chi connectivity index (χ2v) is 5.45. The van der Waals surface area contributed by atoms with E-state index in [2.05, 4.69) is 32.0 Å². The zero-order valence-corrected chi connectivity index (χ0v) is 11.2. The molecule has 3 nitrogen and oxygen atoms in total. The highest BCUT2D eigenvalue weighted by molar-refractivity contribution is 5.77. The minimum atomic E-state index is -0.0327. The fraction of sp³-hybridized carbons (Fsp3) is 0.533. The average molecular weight is 246 g/mol. The Bertz CT molecular complexity index is 428. The van der Waals surface area contributed by atoms with Crippen LogP contribution in [0.3, 0.4) is 0 Å². The van der Waals surface area contributed by atoms with E-state index in [1.54, 1.807) is 0 Å². The van der Waals surface area contributed by atoms with E-state index in [4.69, 9.17) is 5.73 Å². The minimum Gasteiger partial charge on any atom is -0.338 e. The van der Waals surface area contributed by atoms with Crippen LogP contribution in [0, 0.1) is 5.92 Å². The molecule has 0 spiro atoms. The monoisotopic (exact) mass is 246 g/mol. The van der Waals surface area contributed by atoms with Crippen LogP contribution < -0.4 is 5.73 Å². The summed E-state index contributed by atoms with van der Waals surface area (Å²) in [7, 11) is 0. The van der Waals surface area contributed by atoms with Gasteiger partial charge in [-0.25, -0.2) is 0 Å². The Kier molecular flexibility index (Phi) is 4.02. The molecule has 0 saturated carbocycles. The maximum atomic E-state index is 12.2. The molecule has 1 aliphatic heterocycles. The molecule has 0 bridgehead atoms. The van der Waals surface area contributed by atoms with Crippen molar-refractivity contribution in [2.45, 2.75) is 39.3 Å². The van der Waals surface area contributed by atoms with Gasteiger partial charge in [-0.1, -0.05) is 38.1 Å². The summed E-state index contributed by atoms with van der Waals surface area (Å²) < 4.78 is 0. The topological polar surface area (TPSA) is 46.3 Å². The van der Waals surface area contributed by atoms with Gasteiger partial charge < -0.3 is 10.6 Å². The third kappa shape index (κ3) is 2.91. The smallest absolute Gasteiger partial charge is 0.224 e. The van der Waals surface area contributed by atoms with E-state index >= 15 is 0 Å². The molecule has 1 aromatic rings. The van der Waals surface area contributed by atoms with E-state index in [0.29, 0.717) is 12.3 Å². The number of hydrogen-bond donors (Lipinski definition) is 1. The third-order valence-corrected chi connectivity index (χ3v) is 3.75. The molecule has 1 amide bonds. The highest BCUT2D eigenvalue weighted by Gasteiger charge is 2.22. The van der Waals surface area contributed by atoms with E-state index in [-0.39, 0.29) is 11.9 Å². The van der Waals surface area contributed by atoms with Gasteiger partial charge in [0.2, 0.25) is 5.91 Å². The molecular formula is C15H22N2O. The Labute approximate surface area is 109 Å². The van der Waals surface area contributed by atoms with Crippen LogP contribution in [0.25, 0.3) is 0 Å². The first-order chi connectivity index (χ1) is 8.58. The van der Waals surface area contributed by atoms with Crippen molar-refractivity contribution in [3.8, 4) is 0 Å². The molecule has 1 aliphatic rings. The van der Waals surface area contributed by atoms with Crippen LogP contribution in [0.2, 0.25) is 0 Å². The number of nitrogens with two attached hydrogens (primary N) is 1. The quantitative estimate of drug-likeness (QED) is 0.886. The van der Waals surface area contributed by atoms with Gasteiger partial charge >= 0.3 is 0 Å². The summed E-state index contributed by atoms with van der Waals surface area (Å²) in [6.07, 6.45) is 1.42. The van der Waals surface area contributed by atoms with Gasteiger partial charge in [-0.3, -0.25) is 4.79 Å². The number of fused-ring (bicyclic) bond motifs is 1. The van der Waals surface area contributed by atoms with Gasteiger partial charge in [0.1, 0.15) is 0 Å². The van der Waals surface area contributed by atoms with Gasteiger partial charge in [-0.2, -0.15) is 0 Å². The zero-order valence-electron chi connectivity index (χ0n) is 11.2. The normalized spacial score (nSPS) is 16.6. The lowest BCUT2D eigenvalue weighted by Gasteiger charge is -2.30. The first kappa shape index (κ1) is 13.1. The van der Waals surface area contributed by atoms with Gasteiger partial charge in [0.15, 0.2) is 0 Å². The average Bonchev–Trinajstić information content (AvgIpc) is 2.37. The highest BCUT2D eigenvalue weighted by atomic mass is 16.2. The van der Waals surface area contributed by atoms with E-state index in [9.17, 15) is 4.79 Å². The summed E-state index contributed by atoms with van der Waals surface area (Å²) in [4.78, 5) is 14.1. The fourth-order valence-corrected chi connectivity index (χ4v) is 2.28. The number of amides is 1. The Hall–Kier alpha value is -1.35. The summed E-state index contributed by atoms with van der Waals surface area (Å²) in [6, 6.07) is 8.32. The second-order valence-electron chi connectivity index (χ2n) is 5.45. The van der Waals surface area contributed by atoms with Crippen molar-refractivity contribution < 1.29 is 4.79 Å². The lowest BCUT2D eigenvalue weighted by molar-refractivity contribution is -0.132. The number of carbonyl (C=O) groups is 1. The number of rotatable bonds is 3. The molecule has 0 radical (unpaired) electrons. The van der Waals surface area contributed by atoms with E-state index in [1.807, 2.05) is 11.0 Å². The molecule has 98 valence electrons. The largest absolute Gasteiger partial charge is 0.338 e. The molecule has 0 aromatic heterocycles. The van der Waals surface area contributed by atoms with Crippen molar-refractivity contribution in [1.29, 1.82) is 0 Å². The summed E-state index contributed by atoms with van der Waals surface area (Å²) in [5.74, 6) is 0.539.